The monoisotopic (exact) mass is 337 g/mol. The molecule has 0 radical (unpaired) electrons. The van der Waals surface area contributed by atoms with Gasteiger partial charge < -0.3 is 5.11 Å². The van der Waals surface area contributed by atoms with Gasteiger partial charge in [0.15, 0.2) is 0 Å². The summed E-state index contributed by atoms with van der Waals surface area (Å²) in [5, 5.41) is 10.2. The summed E-state index contributed by atoms with van der Waals surface area (Å²) in [6.45, 7) is 1.71. The van der Waals surface area contributed by atoms with Crippen LogP contribution >= 0.6 is 0 Å². The average molecular weight is 337 g/mol. The molecule has 1 N–H and O–H groups in total. The van der Waals surface area contributed by atoms with E-state index in [2.05, 4.69) is 9.97 Å². The molecular weight excluding hydrogens is 319 g/mol. The second-order valence-electron chi connectivity index (χ2n) is 6.12. The number of hydrogen-bond donors (Lipinski definition) is 1. The van der Waals surface area contributed by atoms with Gasteiger partial charge in [0, 0.05) is 44.1 Å². The Kier molecular flexibility index (Phi) is 4.82. The zero-order chi connectivity index (χ0) is 17.2. The third-order valence-corrected chi connectivity index (χ3v) is 4.26. The quantitative estimate of drug-likeness (QED) is 0.931. The molecule has 0 saturated carbocycles. The molecule has 0 spiro atoms. The molecule has 7 heteroatoms. The van der Waals surface area contributed by atoms with E-state index in [1.165, 1.54) is 12.1 Å². The molecule has 3 rings (SSSR count). The number of aliphatic hydroxyl groups excluding tert-OH is 1. The van der Waals surface area contributed by atoms with E-state index in [4.69, 9.17) is 0 Å². The van der Waals surface area contributed by atoms with E-state index < -0.39 is 17.8 Å². The van der Waals surface area contributed by atoms with Crippen LogP contribution in [0.2, 0.25) is 0 Å². The van der Waals surface area contributed by atoms with Crippen molar-refractivity contribution in [3.8, 4) is 0 Å². The Hall–Kier alpha value is -1.99. The fourth-order valence-corrected chi connectivity index (χ4v) is 3.03. The summed E-state index contributed by atoms with van der Waals surface area (Å²) in [5.74, 6) is 0.0520. The molecule has 1 aromatic heterocycles. The van der Waals surface area contributed by atoms with E-state index in [0.29, 0.717) is 26.1 Å². The Morgan fingerprint density at radius 2 is 1.88 bits per heavy atom. The van der Waals surface area contributed by atoms with Crippen molar-refractivity contribution < 1.29 is 18.3 Å². The molecule has 2 heterocycles. The molecule has 1 saturated heterocycles. The number of benzene rings is 1. The number of β-amino-alcohol motifs (C(OH)–C–C–N with tert-alkyl or cyclic N) is 1. The van der Waals surface area contributed by atoms with Gasteiger partial charge in [-0.3, -0.25) is 14.9 Å². The van der Waals surface area contributed by atoms with Gasteiger partial charge in [-0.15, -0.1) is 0 Å². The number of hydrogen-bond acceptors (Lipinski definition) is 4. The summed E-state index contributed by atoms with van der Waals surface area (Å²) in [4.78, 5) is 10.3. The summed E-state index contributed by atoms with van der Waals surface area (Å²) in [5.41, 5.74) is 0.988. The fourth-order valence-electron chi connectivity index (χ4n) is 3.03. The predicted molar refractivity (Wildman–Crippen MR) is 82.0 cm³/mol. The summed E-state index contributed by atoms with van der Waals surface area (Å²) in [7, 11) is 0. The lowest BCUT2D eigenvalue weighted by Gasteiger charge is -2.16. The number of alkyl halides is 3. The molecule has 0 bridgehead atoms. The van der Waals surface area contributed by atoms with E-state index in [-0.39, 0.29) is 5.92 Å². The molecule has 1 aliphatic rings. The van der Waals surface area contributed by atoms with Crippen molar-refractivity contribution >= 4 is 0 Å². The van der Waals surface area contributed by atoms with Crippen LogP contribution in [0.1, 0.15) is 16.8 Å². The number of aliphatic hydroxyl groups is 1. The van der Waals surface area contributed by atoms with Gasteiger partial charge in [0.25, 0.3) is 0 Å². The van der Waals surface area contributed by atoms with Crippen molar-refractivity contribution in [3.05, 3.63) is 59.7 Å². The van der Waals surface area contributed by atoms with Crippen LogP contribution in [-0.4, -0.2) is 39.2 Å². The molecule has 0 aliphatic carbocycles. The van der Waals surface area contributed by atoms with Crippen molar-refractivity contribution in [2.45, 2.75) is 25.2 Å². The zero-order valence-corrected chi connectivity index (χ0v) is 12.9. The van der Waals surface area contributed by atoms with Crippen LogP contribution in [0.5, 0.6) is 0 Å². The number of aromatic nitrogens is 2. The third kappa shape index (κ3) is 4.10. The van der Waals surface area contributed by atoms with Crippen LogP contribution in [0.25, 0.3) is 0 Å². The van der Waals surface area contributed by atoms with Crippen LogP contribution in [0.3, 0.4) is 0 Å². The Morgan fingerprint density at radius 3 is 2.50 bits per heavy atom. The molecule has 4 nitrogen and oxygen atoms in total. The molecule has 0 unspecified atom stereocenters. The smallest absolute Gasteiger partial charge is 0.391 e. The highest BCUT2D eigenvalue weighted by Gasteiger charge is 2.32. The van der Waals surface area contributed by atoms with Gasteiger partial charge in [0.2, 0.25) is 0 Å². The lowest BCUT2D eigenvalue weighted by Crippen LogP contribution is -2.21. The standard InChI is InChI=1S/C17H18F3N3O/c18-17(19,20)14-3-1-12(2-4-14)9-23-10-13(16(24)11-23)7-15-8-21-5-6-22-15/h1-6,8,13,16,24H,7,9-11H2/t13-,16-/m1/s1. The Balaban J connectivity index is 1.59. The summed E-state index contributed by atoms with van der Waals surface area (Å²) < 4.78 is 37.7. The minimum atomic E-state index is -4.32. The van der Waals surface area contributed by atoms with Crippen LogP contribution < -0.4 is 0 Å². The number of halogens is 3. The maximum absolute atomic E-state index is 12.6. The van der Waals surface area contributed by atoms with Crippen LogP contribution in [0, 0.1) is 5.92 Å². The molecule has 128 valence electrons. The summed E-state index contributed by atoms with van der Waals surface area (Å²) >= 11 is 0. The van der Waals surface area contributed by atoms with Crippen molar-refractivity contribution in [3.63, 3.8) is 0 Å². The van der Waals surface area contributed by atoms with Crippen molar-refractivity contribution in [1.29, 1.82) is 0 Å². The lowest BCUT2D eigenvalue weighted by molar-refractivity contribution is -0.137. The summed E-state index contributed by atoms with van der Waals surface area (Å²) in [6.07, 6.45) is 0.761. The number of nitrogens with zero attached hydrogens (tertiary/aromatic N) is 3. The topological polar surface area (TPSA) is 49.2 Å². The number of rotatable bonds is 4. The first-order valence-electron chi connectivity index (χ1n) is 7.73. The molecule has 1 aliphatic heterocycles. The molecule has 24 heavy (non-hydrogen) atoms. The SMILES string of the molecule is O[C@@H]1CN(Cc2ccc(C(F)(F)F)cc2)C[C@H]1Cc1cnccn1. The minimum absolute atomic E-state index is 0.0520. The van der Waals surface area contributed by atoms with Crippen LogP contribution in [0.4, 0.5) is 13.2 Å². The van der Waals surface area contributed by atoms with Crippen molar-refractivity contribution in [2.75, 3.05) is 13.1 Å². The Morgan fingerprint density at radius 1 is 1.12 bits per heavy atom. The van der Waals surface area contributed by atoms with Crippen molar-refractivity contribution in [2.24, 2.45) is 5.92 Å². The van der Waals surface area contributed by atoms with Crippen LogP contribution in [-0.2, 0) is 19.1 Å². The predicted octanol–water partition coefficient (Wildman–Crippen LogP) is 2.53. The first-order valence-corrected chi connectivity index (χ1v) is 7.73. The van der Waals surface area contributed by atoms with E-state index in [0.717, 1.165) is 23.4 Å². The van der Waals surface area contributed by atoms with Crippen molar-refractivity contribution in [1.82, 2.24) is 14.9 Å². The molecule has 1 aromatic carbocycles. The third-order valence-electron chi connectivity index (χ3n) is 4.26. The number of likely N-dealkylation sites (tertiary alicyclic amines) is 1. The second kappa shape index (κ2) is 6.86. The van der Waals surface area contributed by atoms with Gasteiger partial charge in [-0.25, -0.2) is 0 Å². The van der Waals surface area contributed by atoms with Crippen LogP contribution in [0.15, 0.2) is 42.9 Å². The van der Waals surface area contributed by atoms with Gasteiger partial charge in [0.05, 0.1) is 17.4 Å². The van der Waals surface area contributed by atoms with E-state index in [9.17, 15) is 18.3 Å². The van der Waals surface area contributed by atoms with E-state index >= 15 is 0 Å². The molecule has 2 atom stereocenters. The van der Waals surface area contributed by atoms with E-state index in [1.807, 2.05) is 4.90 Å². The van der Waals surface area contributed by atoms with Gasteiger partial charge in [-0.1, -0.05) is 12.1 Å². The second-order valence-corrected chi connectivity index (χ2v) is 6.12. The maximum Gasteiger partial charge on any atom is 0.416 e. The lowest BCUT2D eigenvalue weighted by atomic mass is 10.0. The molecular formula is C17H18F3N3O. The first kappa shape index (κ1) is 16.9. The fraction of sp³-hybridized carbons (Fsp3) is 0.412. The molecule has 1 fully saturated rings. The summed E-state index contributed by atoms with van der Waals surface area (Å²) in [6, 6.07) is 5.17. The normalized spacial score (nSPS) is 22.0. The maximum atomic E-state index is 12.6. The Bertz CT molecular complexity index is 661. The first-order chi connectivity index (χ1) is 11.4. The zero-order valence-electron chi connectivity index (χ0n) is 12.9. The minimum Gasteiger partial charge on any atom is -0.391 e. The van der Waals surface area contributed by atoms with Gasteiger partial charge in [0.1, 0.15) is 0 Å². The molecule has 0 amide bonds. The molecule has 2 aromatic rings. The highest BCUT2D eigenvalue weighted by molar-refractivity contribution is 5.24. The highest BCUT2D eigenvalue weighted by Crippen LogP contribution is 2.29. The Labute approximate surface area is 138 Å². The van der Waals surface area contributed by atoms with Gasteiger partial charge >= 0.3 is 6.18 Å². The van der Waals surface area contributed by atoms with Gasteiger partial charge in [-0.2, -0.15) is 13.2 Å². The largest absolute Gasteiger partial charge is 0.416 e. The van der Waals surface area contributed by atoms with Gasteiger partial charge in [-0.05, 0) is 24.1 Å². The van der Waals surface area contributed by atoms with E-state index in [1.54, 1.807) is 18.6 Å². The average Bonchev–Trinajstić information content (AvgIpc) is 2.87. The highest BCUT2D eigenvalue weighted by atomic mass is 19.4.